The molecule has 3 rings (SSSR count). The molecule has 0 aliphatic heterocycles. The number of amides is 2. The van der Waals surface area contributed by atoms with Crippen molar-refractivity contribution in [2.75, 3.05) is 25.5 Å². The highest BCUT2D eigenvalue weighted by Crippen LogP contribution is 2.20. The number of aryl methyl sites for hydroxylation is 2. The van der Waals surface area contributed by atoms with Crippen LogP contribution in [-0.4, -0.2) is 52.7 Å². The highest BCUT2D eigenvalue weighted by molar-refractivity contribution is 6.31. The molecule has 0 spiro atoms. The van der Waals surface area contributed by atoms with Crippen LogP contribution in [0.5, 0.6) is 0 Å². The zero-order valence-corrected chi connectivity index (χ0v) is 20.3. The highest BCUT2D eigenvalue weighted by Gasteiger charge is 2.22. The number of carbonyl (C=O) groups excluding carboxylic acids is 3. The molecule has 2 amide bonds. The van der Waals surface area contributed by atoms with E-state index in [-0.39, 0.29) is 12.5 Å². The molecule has 178 valence electrons. The molecule has 0 aliphatic carbocycles. The molecule has 1 N–H and O–H groups in total. The fourth-order valence-corrected chi connectivity index (χ4v) is 3.58. The summed E-state index contributed by atoms with van der Waals surface area (Å²) < 4.78 is 6.91. The SMILES string of the molecule is Cc1ccc(NC(=O)CN(C)C(=O)COC(=O)c2c(C)nn(Cc3ccccc3Cl)c2C)cc1. The second kappa shape index (κ2) is 11.0. The molecule has 0 saturated heterocycles. The maximum Gasteiger partial charge on any atom is 0.342 e. The predicted molar refractivity (Wildman–Crippen MR) is 130 cm³/mol. The molecular formula is C25H27ClN4O4. The summed E-state index contributed by atoms with van der Waals surface area (Å²) in [6.45, 7) is 5.16. The van der Waals surface area contributed by atoms with Gasteiger partial charge in [0.25, 0.3) is 5.91 Å². The normalized spacial score (nSPS) is 10.6. The molecule has 8 nitrogen and oxygen atoms in total. The Morgan fingerprint density at radius 3 is 2.41 bits per heavy atom. The first-order valence-corrected chi connectivity index (χ1v) is 11.1. The number of benzene rings is 2. The molecule has 0 bridgehead atoms. The number of hydrogen-bond acceptors (Lipinski definition) is 5. The maximum absolute atomic E-state index is 12.7. The van der Waals surface area contributed by atoms with E-state index < -0.39 is 18.5 Å². The van der Waals surface area contributed by atoms with Crippen LogP contribution in [0.1, 0.15) is 32.9 Å². The van der Waals surface area contributed by atoms with E-state index in [9.17, 15) is 14.4 Å². The van der Waals surface area contributed by atoms with Gasteiger partial charge in [0.15, 0.2) is 6.61 Å². The van der Waals surface area contributed by atoms with Crippen LogP contribution in [0.2, 0.25) is 5.02 Å². The van der Waals surface area contributed by atoms with Gasteiger partial charge in [-0.15, -0.1) is 0 Å². The van der Waals surface area contributed by atoms with Crippen molar-refractivity contribution in [3.8, 4) is 0 Å². The molecule has 0 atom stereocenters. The van der Waals surface area contributed by atoms with E-state index in [1.54, 1.807) is 36.7 Å². The van der Waals surface area contributed by atoms with E-state index in [4.69, 9.17) is 16.3 Å². The monoisotopic (exact) mass is 482 g/mol. The third kappa shape index (κ3) is 6.23. The molecule has 34 heavy (non-hydrogen) atoms. The molecule has 0 fully saturated rings. The van der Waals surface area contributed by atoms with E-state index in [0.717, 1.165) is 11.1 Å². The number of esters is 1. The summed E-state index contributed by atoms with van der Waals surface area (Å²) in [7, 11) is 1.48. The van der Waals surface area contributed by atoms with Gasteiger partial charge >= 0.3 is 5.97 Å². The smallest absolute Gasteiger partial charge is 0.342 e. The Morgan fingerprint density at radius 1 is 1.06 bits per heavy atom. The van der Waals surface area contributed by atoms with Crippen molar-refractivity contribution in [1.29, 1.82) is 0 Å². The van der Waals surface area contributed by atoms with Gasteiger partial charge in [0, 0.05) is 17.8 Å². The zero-order valence-electron chi connectivity index (χ0n) is 19.6. The molecule has 1 heterocycles. The van der Waals surface area contributed by atoms with Crippen LogP contribution in [-0.2, 0) is 20.9 Å². The van der Waals surface area contributed by atoms with Crippen LogP contribution in [0.3, 0.4) is 0 Å². The van der Waals surface area contributed by atoms with Crippen LogP contribution in [0.25, 0.3) is 0 Å². The van der Waals surface area contributed by atoms with Crippen LogP contribution in [0.15, 0.2) is 48.5 Å². The second-order valence-electron chi connectivity index (χ2n) is 8.04. The second-order valence-corrected chi connectivity index (χ2v) is 8.44. The molecule has 0 saturated carbocycles. The summed E-state index contributed by atoms with van der Waals surface area (Å²) in [6.07, 6.45) is 0. The van der Waals surface area contributed by atoms with E-state index >= 15 is 0 Å². The van der Waals surface area contributed by atoms with Gasteiger partial charge in [-0.25, -0.2) is 4.79 Å². The van der Waals surface area contributed by atoms with E-state index in [1.807, 2.05) is 37.3 Å². The topological polar surface area (TPSA) is 93.5 Å². The number of aromatic nitrogens is 2. The lowest BCUT2D eigenvalue weighted by Crippen LogP contribution is -2.37. The summed E-state index contributed by atoms with van der Waals surface area (Å²) in [5.41, 5.74) is 4.00. The fraction of sp³-hybridized carbons (Fsp3) is 0.280. The van der Waals surface area contributed by atoms with Crippen molar-refractivity contribution >= 4 is 35.1 Å². The average Bonchev–Trinajstić information content (AvgIpc) is 3.07. The molecule has 0 aliphatic rings. The van der Waals surface area contributed by atoms with Crippen molar-refractivity contribution in [2.24, 2.45) is 0 Å². The maximum atomic E-state index is 12.7. The highest BCUT2D eigenvalue weighted by atomic mass is 35.5. The van der Waals surface area contributed by atoms with Crippen molar-refractivity contribution in [2.45, 2.75) is 27.3 Å². The van der Waals surface area contributed by atoms with Crippen molar-refractivity contribution in [3.05, 3.63) is 81.6 Å². The molecule has 3 aromatic rings. The number of anilines is 1. The van der Waals surface area contributed by atoms with Gasteiger partial charge in [-0.05, 0) is 44.5 Å². The van der Waals surface area contributed by atoms with Crippen LogP contribution in [0, 0.1) is 20.8 Å². The van der Waals surface area contributed by atoms with Crippen LogP contribution in [0.4, 0.5) is 5.69 Å². The number of likely N-dealkylation sites (N-methyl/N-ethyl adjacent to an activating group) is 1. The molecular weight excluding hydrogens is 456 g/mol. The Balaban J connectivity index is 1.55. The third-order valence-electron chi connectivity index (χ3n) is 5.33. The number of halogens is 1. The van der Waals surface area contributed by atoms with Gasteiger partial charge in [-0.1, -0.05) is 47.5 Å². The molecule has 2 aromatic carbocycles. The number of hydrogen-bond donors (Lipinski definition) is 1. The van der Waals surface area contributed by atoms with Gasteiger partial charge in [0.2, 0.25) is 5.91 Å². The molecule has 0 radical (unpaired) electrons. The Labute approximate surface area is 203 Å². The zero-order chi connectivity index (χ0) is 24.8. The first kappa shape index (κ1) is 25.0. The quantitative estimate of drug-likeness (QED) is 0.493. The lowest BCUT2D eigenvalue weighted by Gasteiger charge is -2.17. The number of ether oxygens (including phenoxy) is 1. The summed E-state index contributed by atoms with van der Waals surface area (Å²) in [5, 5.41) is 7.76. The molecule has 0 unspecified atom stereocenters. The standard InChI is InChI=1S/C25H27ClN4O4/c1-16-9-11-20(12-10-16)27-22(31)14-29(4)23(32)15-34-25(33)24-17(2)28-30(18(24)3)13-19-7-5-6-8-21(19)26/h5-12H,13-15H2,1-4H3,(H,27,31). The van der Waals surface area contributed by atoms with Crippen LogP contribution >= 0.6 is 11.6 Å². The lowest BCUT2D eigenvalue weighted by atomic mass is 10.2. The Hall–Kier alpha value is -3.65. The Bertz CT molecular complexity index is 1200. The first-order valence-electron chi connectivity index (χ1n) is 10.7. The van der Waals surface area contributed by atoms with Crippen molar-refractivity contribution in [3.63, 3.8) is 0 Å². The van der Waals surface area contributed by atoms with Gasteiger partial charge in [-0.2, -0.15) is 5.10 Å². The summed E-state index contributed by atoms with van der Waals surface area (Å²) in [6, 6.07) is 14.7. The van der Waals surface area contributed by atoms with Gasteiger partial charge < -0.3 is 15.0 Å². The summed E-state index contributed by atoms with van der Waals surface area (Å²) in [4.78, 5) is 38.5. The fourth-order valence-electron chi connectivity index (χ4n) is 3.38. The number of nitrogens with one attached hydrogen (secondary N) is 1. The number of rotatable bonds is 8. The minimum atomic E-state index is -0.647. The van der Waals surface area contributed by atoms with E-state index in [2.05, 4.69) is 10.4 Å². The average molecular weight is 483 g/mol. The number of nitrogens with zero attached hydrogens (tertiary/aromatic N) is 3. The lowest BCUT2D eigenvalue weighted by molar-refractivity contribution is -0.136. The van der Waals surface area contributed by atoms with E-state index in [0.29, 0.717) is 34.2 Å². The minimum absolute atomic E-state index is 0.169. The Morgan fingerprint density at radius 2 is 1.74 bits per heavy atom. The van der Waals surface area contributed by atoms with Gasteiger partial charge in [0.05, 0.1) is 24.5 Å². The van der Waals surface area contributed by atoms with Crippen LogP contribution < -0.4 is 5.32 Å². The minimum Gasteiger partial charge on any atom is -0.452 e. The predicted octanol–water partition coefficient (Wildman–Crippen LogP) is 3.76. The summed E-state index contributed by atoms with van der Waals surface area (Å²) >= 11 is 6.23. The molecule has 9 heteroatoms. The number of carbonyl (C=O) groups is 3. The first-order chi connectivity index (χ1) is 16.2. The largest absolute Gasteiger partial charge is 0.452 e. The van der Waals surface area contributed by atoms with E-state index in [1.165, 1.54) is 11.9 Å². The summed E-state index contributed by atoms with van der Waals surface area (Å²) in [5.74, 6) is -1.49. The Kier molecular flexibility index (Phi) is 8.07. The van der Waals surface area contributed by atoms with Gasteiger partial charge in [-0.3, -0.25) is 14.3 Å². The van der Waals surface area contributed by atoms with Gasteiger partial charge in [0.1, 0.15) is 5.56 Å². The molecule has 1 aromatic heterocycles. The van der Waals surface area contributed by atoms with Crippen molar-refractivity contribution in [1.82, 2.24) is 14.7 Å². The third-order valence-corrected chi connectivity index (χ3v) is 5.70. The van der Waals surface area contributed by atoms with Crippen molar-refractivity contribution < 1.29 is 19.1 Å².